The van der Waals surface area contributed by atoms with Crippen molar-refractivity contribution < 1.29 is 14.7 Å². The van der Waals surface area contributed by atoms with Gasteiger partial charge in [-0.3, -0.25) is 14.4 Å². The van der Waals surface area contributed by atoms with Crippen molar-refractivity contribution >= 4 is 17.6 Å². The molecule has 2 unspecified atom stereocenters. The van der Waals surface area contributed by atoms with Gasteiger partial charge in [0.15, 0.2) is 0 Å². The van der Waals surface area contributed by atoms with E-state index in [0.717, 1.165) is 6.42 Å². The van der Waals surface area contributed by atoms with Crippen LogP contribution < -0.4 is 10.9 Å². The summed E-state index contributed by atoms with van der Waals surface area (Å²) in [5, 5.41) is 11.4. The molecule has 1 aromatic rings. The second kappa shape index (κ2) is 5.26. The second-order valence-corrected chi connectivity index (χ2v) is 4.73. The van der Waals surface area contributed by atoms with Gasteiger partial charge >= 0.3 is 5.97 Å². The highest BCUT2D eigenvalue weighted by atomic mass is 16.4. The van der Waals surface area contributed by atoms with Gasteiger partial charge < -0.3 is 15.0 Å². The number of aromatic nitrogens is 1. The molecular weight excluding hydrogens is 248 g/mol. The van der Waals surface area contributed by atoms with Crippen LogP contribution in [0, 0.1) is 11.8 Å². The number of carbonyl (C=O) groups excluding carboxylic acids is 1. The molecule has 6 nitrogen and oxygen atoms in total. The summed E-state index contributed by atoms with van der Waals surface area (Å²) in [6.07, 6.45) is 2.79. The zero-order valence-electron chi connectivity index (χ0n) is 10.6. The van der Waals surface area contributed by atoms with E-state index in [4.69, 9.17) is 5.11 Å². The van der Waals surface area contributed by atoms with Crippen LogP contribution in [0.4, 0.5) is 5.69 Å². The molecule has 102 valence electrons. The van der Waals surface area contributed by atoms with Gasteiger partial charge in [0, 0.05) is 18.8 Å². The van der Waals surface area contributed by atoms with Crippen molar-refractivity contribution in [2.45, 2.75) is 26.3 Å². The van der Waals surface area contributed by atoms with Gasteiger partial charge in [0.2, 0.25) is 5.91 Å². The Morgan fingerprint density at radius 2 is 2.16 bits per heavy atom. The number of aliphatic carboxylic acids is 1. The minimum absolute atomic E-state index is 0.116. The largest absolute Gasteiger partial charge is 0.481 e. The highest BCUT2D eigenvalue weighted by Crippen LogP contribution is 2.39. The zero-order chi connectivity index (χ0) is 14.0. The number of nitrogens with one attached hydrogen (secondary N) is 1. The monoisotopic (exact) mass is 264 g/mol. The van der Waals surface area contributed by atoms with Crippen molar-refractivity contribution in [2.75, 3.05) is 5.32 Å². The summed E-state index contributed by atoms with van der Waals surface area (Å²) >= 11 is 0. The summed E-state index contributed by atoms with van der Waals surface area (Å²) in [6.45, 7) is 2.54. The van der Waals surface area contributed by atoms with Gasteiger partial charge in [0.25, 0.3) is 5.56 Å². The topological polar surface area (TPSA) is 88.4 Å². The molecule has 1 aromatic heterocycles. The molecule has 1 fully saturated rings. The number of rotatable bonds is 5. The van der Waals surface area contributed by atoms with E-state index in [-0.39, 0.29) is 11.5 Å². The fourth-order valence-electron chi connectivity index (χ4n) is 2.01. The van der Waals surface area contributed by atoms with E-state index in [2.05, 4.69) is 5.32 Å². The molecule has 0 bridgehead atoms. The molecule has 2 N–H and O–H groups in total. The van der Waals surface area contributed by atoms with E-state index < -0.39 is 17.8 Å². The molecule has 1 aliphatic carbocycles. The van der Waals surface area contributed by atoms with Gasteiger partial charge in [-0.05, 0) is 18.9 Å². The molecule has 1 aliphatic rings. The third-order valence-corrected chi connectivity index (χ3v) is 3.16. The minimum atomic E-state index is -0.934. The maximum Gasteiger partial charge on any atom is 0.307 e. The number of carboxylic acids is 1. The number of carboxylic acid groups (broad SMARTS) is 1. The molecule has 0 aliphatic heterocycles. The number of anilines is 1. The van der Waals surface area contributed by atoms with E-state index in [9.17, 15) is 14.4 Å². The molecule has 1 heterocycles. The standard InChI is InChI=1S/C13H16N2O4/c1-2-5-15-7-8(3-4-11(15)16)14-12(17)9-6-10(9)13(18)19/h3-4,7,9-10H,2,5-6H2,1H3,(H,14,17)(H,18,19). The predicted octanol–water partition coefficient (Wildman–Crippen LogP) is 0.917. The normalized spacial score (nSPS) is 20.9. The third kappa shape index (κ3) is 3.01. The molecule has 0 radical (unpaired) electrons. The van der Waals surface area contributed by atoms with Crippen LogP contribution in [0.2, 0.25) is 0 Å². The van der Waals surface area contributed by atoms with Crippen molar-refractivity contribution in [3.8, 4) is 0 Å². The number of hydrogen-bond donors (Lipinski definition) is 2. The van der Waals surface area contributed by atoms with E-state index in [0.29, 0.717) is 18.7 Å². The first-order valence-electron chi connectivity index (χ1n) is 6.27. The van der Waals surface area contributed by atoms with Crippen molar-refractivity contribution in [1.82, 2.24) is 4.57 Å². The van der Waals surface area contributed by atoms with Gasteiger partial charge in [-0.25, -0.2) is 0 Å². The van der Waals surface area contributed by atoms with Gasteiger partial charge in [-0.15, -0.1) is 0 Å². The smallest absolute Gasteiger partial charge is 0.307 e. The zero-order valence-corrected chi connectivity index (χ0v) is 10.6. The van der Waals surface area contributed by atoms with Crippen LogP contribution in [-0.4, -0.2) is 21.6 Å². The quantitative estimate of drug-likeness (QED) is 0.827. The van der Waals surface area contributed by atoms with Crippen LogP contribution in [0.5, 0.6) is 0 Å². The van der Waals surface area contributed by atoms with Crippen molar-refractivity contribution in [1.29, 1.82) is 0 Å². The van der Waals surface area contributed by atoms with Crippen molar-refractivity contribution in [3.63, 3.8) is 0 Å². The Labute approximate surface area is 110 Å². The van der Waals surface area contributed by atoms with Crippen LogP contribution >= 0.6 is 0 Å². The molecule has 1 saturated carbocycles. The predicted molar refractivity (Wildman–Crippen MR) is 68.9 cm³/mol. The van der Waals surface area contributed by atoms with E-state index in [1.807, 2.05) is 6.92 Å². The van der Waals surface area contributed by atoms with Gasteiger partial charge in [-0.2, -0.15) is 0 Å². The highest BCUT2D eigenvalue weighted by Gasteiger charge is 2.48. The van der Waals surface area contributed by atoms with Crippen LogP contribution in [0.15, 0.2) is 23.1 Å². The summed E-state index contributed by atoms with van der Waals surface area (Å²) in [4.78, 5) is 34.0. The molecule has 19 heavy (non-hydrogen) atoms. The second-order valence-electron chi connectivity index (χ2n) is 4.73. The molecule has 0 saturated heterocycles. The Kier molecular flexibility index (Phi) is 3.69. The van der Waals surface area contributed by atoms with Crippen molar-refractivity contribution in [2.24, 2.45) is 11.8 Å². The molecule has 2 rings (SSSR count). The number of amides is 1. The highest BCUT2D eigenvalue weighted by molar-refractivity contribution is 5.98. The first kappa shape index (κ1) is 13.3. The molecular formula is C13H16N2O4. The Morgan fingerprint density at radius 3 is 2.74 bits per heavy atom. The lowest BCUT2D eigenvalue weighted by Gasteiger charge is -2.08. The summed E-state index contributed by atoms with van der Waals surface area (Å²) in [6, 6.07) is 2.93. The first-order chi connectivity index (χ1) is 9.02. The molecule has 1 amide bonds. The fourth-order valence-corrected chi connectivity index (χ4v) is 2.01. The van der Waals surface area contributed by atoms with Crippen LogP contribution in [0.3, 0.4) is 0 Å². The van der Waals surface area contributed by atoms with E-state index in [1.54, 1.807) is 6.20 Å². The van der Waals surface area contributed by atoms with Crippen LogP contribution in [-0.2, 0) is 16.1 Å². The molecule has 0 aromatic carbocycles. The Balaban J connectivity index is 2.04. The molecule has 2 atom stereocenters. The summed E-state index contributed by atoms with van der Waals surface area (Å²) in [7, 11) is 0. The number of pyridine rings is 1. The lowest BCUT2D eigenvalue weighted by Crippen LogP contribution is -2.21. The molecule has 0 spiro atoms. The lowest BCUT2D eigenvalue weighted by molar-refractivity contribution is -0.139. The Hall–Kier alpha value is -2.11. The average molecular weight is 264 g/mol. The van der Waals surface area contributed by atoms with Crippen LogP contribution in [0.25, 0.3) is 0 Å². The summed E-state index contributed by atoms with van der Waals surface area (Å²) < 4.78 is 1.52. The third-order valence-electron chi connectivity index (χ3n) is 3.16. The Bertz CT molecular complexity index is 564. The Morgan fingerprint density at radius 1 is 1.42 bits per heavy atom. The lowest BCUT2D eigenvalue weighted by atomic mass is 10.3. The SMILES string of the molecule is CCCn1cc(NC(=O)C2CC2C(=O)O)ccc1=O. The number of hydrogen-bond acceptors (Lipinski definition) is 3. The molecule has 6 heteroatoms. The van der Waals surface area contributed by atoms with Gasteiger partial charge in [0.1, 0.15) is 0 Å². The summed E-state index contributed by atoms with van der Waals surface area (Å²) in [5.41, 5.74) is 0.406. The van der Waals surface area contributed by atoms with Gasteiger partial charge in [0.05, 0.1) is 17.5 Å². The first-order valence-corrected chi connectivity index (χ1v) is 6.27. The number of nitrogens with zero attached hydrogens (tertiary/aromatic N) is 1. The van der Waals surface area contributed by atoms with Crippen molar-refractivity contribution in [3.05, 3.63) is 28.7 Å². The number of carbonyl (C=O) groups is 2. The van der Waals surface area contributed by atoms with E-state index in [1.165, 1.54) is 16.7 Å². The maximum absolute atomic E-state index is 11.8. The van der Waals surface area contributed by atoms with Crippen LogP contribution in [0.1, 0.15) is 19.8 Å². The number of aryl methyl sites for hydroxylation is 1. The summed E-state index contributed by atoms with van der Waals surface area (Å²) in [5.74, 6) is -2.25. The van der Waals surface area contributed by atoms with E-state index >= 15 is 0 Å². The van der Waals surface area contributed by atoms with Gasteiger partial charge in [-0.1, -0.05) is 6.92 Å². The average Bonchev–Trinajstić information content (AvgIpc) is 3.14. The maximum atomic E-state index is 11.8. The minimum Gasteiger partial charge on any atom is -0.481 e. The fraction of sp³-hybridized carbons (Fsp3) is 0.462.